The summed E-state index contributed by atoms with van der Waals surface area (Å²) < 4.78 is 2.62. The molecule has 0 saturated carbocycles. The minimum Gasteiger partial charge on any atom is -0.384 e. The van der Waals surface area contributed by atoms with E-state index in [9.17, 15) is 0 Å². The van der Waals surface area contributed by atoms with E-state index in [2.05, 4.69) is 25.9 Å². The van der Waals surface area contributed by atoms with Gasteiger partial charge in [-0.25, -0.2) is 0 Å². The molecule has 3 N–H and O–H groups in total. The fourth-order valence-corrected chi connectivity index (χ4v) is 2.46. The Hall–Kier alpha value is -1.82. The number of hydrogen-bond donors (Lipinski definition) is 2. The minimum absolute atomic E-state index is 0.0633. The van der Waals surface area contributed by atoms with Crippen LogP contribution in [0, 0.1) is 5.41 Å². The standard InChI is InChI=1S/C13H16BrN5/c1-18(7-9-6-17-19(2)8-9)10-3-4-11(13(15)16)12(14)5-10/h3-6,8H,7H2,1-2H3,(H3,15,16). The van der Waals surface area contributed by atoms with Crippen molar-refractivity contribution in [3.8, 4) is 0 Å². The lowest BCUT2D eigenvalue weighted by Crippen LogP contribution is -2.17. The molecule has 0 radical (unpaired) electrons. The number of nitrogens with one attached hydrogen (secondary N) is 1. The quantitative estimate of drug-likeness (QED) is 0.669. The van der Waals surface area contributed by atoms with Gasteiger partial charge in [-0.1, -0.05) is 0 Å². The van der Waals surface area contributed by atoms with Gasteiger partial charge in [0.2, 0.25) is 0 Å². The number of aromatic nitrogens is 2. The number of anilines is 1. The second kappa shape index (κ2) is 5.44. The Morgan fingerprint density at radius 2 is 2.26 bits per heavy atom. The largest absolute Gasteiger partial charge is 0.384 e. The highest BCUT2D eigenvalue weighted by molar-refractivity contribution is 9.10. The monoisotopic (exact) mass is 321 g/mol. The first-order valence-corrected chi connectivity index (χ1v) is 6.59. The summed E-state index contributed by atoms with van der Waals surface area (Å²) in [6.45, 7) is 0.777. The third-order valence-electron chi connectivity index (χ3n) is 2.86. The van der Waals surface area contributed by atoms with Crippen LogP contribution in [-0.2, 0) is 13.6 Å². The molecule has 0 aliphatic rings. The summed E-state index contributed by atoms with van der Waals surface area (Å²) in [5, 5.41) is 11.6. The van der Waals surface area contributed by atoms with Crippen molar-refractivity contribution in [2.75, 3.05) is 11.9 Å². The average molecular weight is 322 g/mol. The first-order chi connectivity index (χ1) is 8.97. The van der Waals surface area contributed by atoms with Gasteiger partial charge in [0.15, 0.2) is 0 Å². The van der Waals surface area contributed by atoms with Crippen LogP contribution in [0.1, 0.15) is 11.1 Å². The second-order valence-electron chi connectivity index (χ2n) is 4.46. The van der Waals surface area contributed by atoms with Crippen molar-refractivity contribution >= 4 is 27.5 Å². The van der Waals surface area contributed by atoms with Crippen molar-refractivity contribution < 1.29 is 0 Å². The first-order valence-electron chi connectivity index (χ1n) is 5.80. The molecule has 1 aromatic carbocycles. The molecule has 0 amide bonds. The molecule has 5 nitrogen and oxygen atoms in total. The molecule has 0 fully saturated rings. The number of rotatable bonds is 4. The van der Waals surface area contributed by atoms with Crippen LogP contribution in [0.2, 0.25) is 0 Å². The minimum atomic E-state index is 0.0633. The molecule has 100 valence electrons. The summed E-state index contributed by atoms with van der Waals surface area (Å²) in [7, 11) is 3.92. The van der Waals surface area contributed by atoms with E-state index >= 15 is 0 Å². The maximum Gasteiger partial charge on any atom is 0.123 e. The van der Waals surface area contributed by atoms with Crippen LogP contribution in [0.4, 0.5) is 5.69 Å². The van der Waals surface area contributed by atoms with Gasteiger partial charge in [0.25, 0.3) is 0 Å². The van der Waals surface area contributed by atoms with Crippen molar-refractivity contribution in [2.24, 2.45) is 12.8 Å². The van der Waals surface area contributed by atoms with Crippen LogP contribution in [0.3, 0.4) is 0 Å². The van der Waals surface area contributed by atoms with Gasteiger partial charge in [0.1, 0.15) is 5.84 Å². The molecular formula is C13H16BrN5. The average Bonchev–Trinajstić information content (AvgIpc) is 2.74. The summed E-state index contributed by atoms with van der Waals surface area (Å²) >= 11 is 3.44. The summed E-state index contributed by atoms with van der Waals surface area (Å²) in [6, 6.07) is 5.77. The number of halogens is 1. The topological polar surface area (TPSA) is 70.9 Å². The van der Waals surface area contributed by atoms with Gasteiger partial charge in [-0.15, -0.1) is 0 Å². The summed E-state index contributed by atoms with van der Waals surface area (Å²) in [5.74, 6) is 0.0633. The van der Waals surface area contributed by atoms with Gasteiger partial charge in [-0.2, -0.15) is 5.10 Å². The lowest BCUT2D eigenvalue weighted by atomic mass is 10.2. The van der Waals surface area contributed by atoms with Crippen molar-refractivity contribution in [2.45, 2.75) is 6.54 Å². The first kappa shape index (κ1) is 13.6. The third-order valence-corrected chi connectivity index (χ3v) is 3.52. The van der Waals surface area contributed by atoms with Crippen molar-refractivity contribution in [3.05, 3.63) is 46.2 Å². The zero-order valence-electron chi connectivity index (χ0n) is 10.9. The Morgan fingerprint density at radius 3 is 2.79 bits per heavy atom. The van der Waals surface area contributed by atoms with Gasteiger partial charge < -0.3 is 10.6 Å². The number of hydrogen-bond acceptors (Lipinski definition) is 3. The summed E-state index contributed by atoms with van der Waals surface area (Å²) in [6.07, 6.45) is 3.85. The molecule has 0 bridgehead atoms. The highest BCUT2D eigenvalue weighted by Gasteiger charge is 2.08. The Bertz CT molecular complexity index is 605. The molecule has 0 saturated heterocycles. The van der Waals surface area contributed by atoms with Crippen molar-refractivity contribution in [1.29, 1.82) is 5.41 Å². The molecule has 2 aromatic rings. The Kier molecular flexibility index (Phi) is 3.90. The van der Waals surface area contributed by atoms with E-state index in [1.165, 1.54) is 0 Å². The predicted molar refractivity (Wildman–Crippen MR) is 80.5 cm³/mol. The number of benzene rings is 1. The van der Waals surface area contributed by atoms with E-state index in [1.54, 1.807) is 4.68 Å². The Labute approximate surface area is 120 Å². The summed E-state index contributed by atoms with van der Waals surface area (Å²) in [5.41, 5.74) is 8.41. The van der Waals surface area contributed by atoms with E-state index in [0.29, 0.717) is 5.56 Å². The molecule has 0 aliphatic carbocycles. The lowest BCUT2D eigenvalue weighted by Gasteiger charge is -2.19. The predicted octanol–water partition coefficient (Wildman–Crippen LogP) is 2.10. The Balaban J connectivity index is 2.17. The van der Waals surface area contributed by atoms with Crippen molar-refractivity contribution in [1.82, 2.24) is 9.78 Å². The van der Waals surface area contributed by atoms with Crippen LogP contribution in [0.25, 0.3) is 0 Å². The molecule has 0 spiro atoms. The number of nitrogens with two attached hydrogens (primary N) is 1. The van der Waals surface area contributed by atoms with Crippen LogP contribution in [0.5, 0.6) is 0 Å². The van der Waals surface area contributed by atoms with E-state index < -0.39 is 0 Å². The van der Waals surface area contributed by atoms with E-state index in [4.69, 9.17) is 11.1 Å². The normalized spacial score (nSPS) is 10.5. The molecule has 1 heterocycles. The lowest BCUT2D eigenvalue weighted by molar-refractivity contribution is 0.766. The second-order valence-corrected chi connectivity index (χ2v) is 5.31. The molecule has 2 rings (SSSR count). The fraction of sp³-hybridized carbons (Fsp3) is 0.231. The molecule has 1 aromatic heterocycles. The van der Waals surface area contributed by atoms with E-state index in [-0.39, 0.29) is 5.84 Å². The van der Waals surface area contributed by atoms with Crippen LogP contribution >= 0.6 is 15.9 Å². The van der Waals surface area contributed by atoms with Gasteiger partial charge in [0.05, 0.1) is 6.20 Å². The summed E-state index contributed by atoms with van der Waals surface area (Å²) in [4.78, 5) is 2.12. The number of aryl methyl sites for hydroxylation is 1. The van der Waals surface area contributed by atoms with Crippen molar-refractivity contribution in [3.63, 3.8) is 0 Å². The van der Waals surface area contributed by atoms with Gasteiger partial charge in [0, 0.05) is 48.1 Å². The van der Waals surface area contributed by atoms with Crippen LogP contribution in [0.15, 0.2) is 35.1 Å². The van der Waals surface area contributed by atoms with E-state index in [1.807, 2.05) is 44.7 Å². The van der Waals surface area contributed by atoms with E-state index in [0.717, 1.165) is 22.3 Å². The maximum absolute atomic E-state index is 7.46. The molecule has 6 heteroatoms. The molecule has 0 atom stereocenters. The number of nitrogen functional groups attached to an aromatic ring is 1. The number of nitrogens with zero attached hydrogens (tertiary/aromatic N) is 3. The zero-order chi connectivity index (χ0) is 14.0. The number of amidine groups is 1. The maximum atomic E-state index is 7.46. The smallest absolute Gasteiger partial charge is 0.123 e. The van der Waals surface area contributed by atoms with Crippen LogP contribution < -0.4 is 10.6 Å². The molecular weight excluding hydrogens is 306 g/mol. The Morgan fingerprint density at radius 1 is 1.53 bits per heavy atom. The highest BCUT2D eigenvalue weighted by atomic mass is 79.9. The fourth-order valence-electron chi connectivity index (χ4n) is 1.88. The van der Waals surface area contributed by atoms with Gasteiger partial charge in [-0.3, -0.25) is 10.1 Å². The zero-order valence-corrected chi connectivity index (χ0v) is 12.5. The molecule has 0 unspecified atom stereocenters. The molecule has 0 aliphatic heterocycles. The molecule has 19 heavy (non-hydrogen) atoms. The van der Waals surface area contributed by atoms with Gasteiger partial charge in [-0.05, 0) is 34.1 Å². The van der Waals surface area contributed by atoms with Gasteiger partial charge >= 0.3 is 0 Å². The highest BCUT2D eigenvalue weighted by Crippen LogP contribution is 2.24. The SMILES string of the molecule is CN(Cc1cnn(C)c1)c1ccc(C(=N)N)c(Br)c1. The third kappa shape index (κ3) is 3.14. The van der Waals surface area contributed by atoms with Crippen LogP contribution in [-0.4, -0.2) is 22.7 Å².